The molecule has 0 fully saturated rings. The molecule has 0 aliphatic heterocycles. The molecule has 1 unspecified atom stereocenters. The number of hydrogen-bond acceptors (Lipinski definition) is 6. The number of carbonyl (C=O) groups is 2. The second kappa shape index (κ2) is 7.46. The van der Waals surface area contributed by atoms with Crippen LogP contribution in [0.2, 0.25) is 0 Å². The van der Waals surface area contributed by atoms with Gasteiger partial charge in [-0.25, -0.2) is 9.37 Å². The summed E-state index contributed by atoms with van der Waals surface area (Å²) in [5, 5.41) is 0. The van der Waals surface area contributed by atoms with E-state index < -0.39 is 23.3 Å². The van der Waals surface area contributed by atoms with Crippen LogP contribution in [0.1, 0.15) is 55.1 Å². The van der Waals surface area contributed by atoms with Crippen molar-refractivity contribution >= 4 is 12.3 Å². The van der Waals surface area contributed by atoms with E-state index in [0.717, 1.165) is 0 Å². The summed E-state index contributed by atoms with van der Waals surface area (Å²) < 4.78 is 29.6. The zero-order valence-corrected chi connectivity index (χ0v) is 14.5. The van der Waals surface area contributed by atoms with Crippen molar-refractivity contribution in [2.24, 2.45) is 0 Å². The van der Waals surface area contributed by atoms with Gasteiger partial charge in [0.25, 0.3) is 0 Å². The van der Waals surface area contributed by atoms with E-state index in [1.54, 1.807) is 26.8 Å². The summed E-state index contributed by atoms with van der Waals surface area (Å²) in [6, 6.07) is 4.32. The molecule has 6 nitrogen and oxygen atoms in total. The number of esters is 1. The molecule has 0 saturated carbocycles. The van der Waals surface area contributed by atoms with E-state index in [9.17, 15) is 14.0 Å². The van der Waals surface area contributed by atoms with E-state index in [2.05, 4.69) is 4.98 Å². The molecule has 25 heavy (non-hydrogen) atoms. The van der Waals surface area contributed by atoms with E-state index in [4.69, 9.17) is 13.9 Å². The van der Waals surface area contributed by atoms with Gasteiger partial charge in [0.05, 0.1) is 19.4 Å². The summed E-state index contributed by atoms with van der Waals surface area (Å²) >= 11 is 0. The van der Waals surface area contributed by atoms with Gasteiger partial charge in [-0.05, 0) is 38.5 Å². The lowest BCUT2D eigenvalue weighted by atomic mass is 9.95. The van der Waals surface area contributed by atoms with Crippen molar-refractivity contribution in [2.45, 2.75) is 38.7 Å². The van der Waals surface area contributed by atoms with Gasteiger partial charge in [0.15, 0.2) is 17.9 Å². The number of rotatable bonds is 6. The summed E-state index contributed by atoms with van der Waals surface area (Å²) in [7, 11) is 1.36. The summed E-state index contributed by atoms with van der Waals surface area (Å²) in [5.41, 5.74) is -0.0984. The summed E-state index contributed by atoms with van der Waals surface area (Å²) in [6.07, 6.45) is 1.61. The zero-order chi connectivity index (χ0) is 18.6. The molecule has 0 radical (unpaired) electrons. The van der Waals surface area contributed by atoms with Gasteiger partial charge in [-0.15, -0.1) is 0 Å². The highest BCUT2D eigenvalue weighted by molar-refractivity contribution is 5.72. The predicted octanol–water partition coefficient (Wildman–Crippen LogP) is 3.50. The Morgan fingerprint density at radius 1 is 1.40 bits per heavy atom. The lowest BCUT2D eigenvalue weighted by Crippen LogP contribution is -2.25. The molecule has 0 aliphatic carbocycles. The molecule has 0 amide bonds. The highest BCUT2D eigenvalue weighted by Gasteiger charge is 2.27. The number of aldehydes is 1. The first-order chi connectivity index (χ1) is 11.7. The molecule has 2 rings (SSSR count). The molecule has 0 N–H and O–H groups in total. The van der Waals surface area contributed by atoms with Gasteiger partial charge in [0.2, 0.25) is 5.89 Å². The lowest BCUT2D eigenvalue weighted by molar-refractivity contribution is -0.155. The van der Waals surface area contributed by atoms with Gasteiger partial charge in [0, 0.05) is 0 Å². The summed E-state index contributed by atoms with van der Waals surface area (Å²) in [6.45, 7) is 5.26. The molecule has 1 atom stereocenters. The first-order valence-electron chi connectivity index (χ1n) is 7.69. The van der Waals surface area contributed by atoms with Crippen LogP contribution in [-0.2, 0) is 9.53 Å². The zero-order valence-electron chi connectivity index (χ0n) is 14.5. The van der Waals surface area contributed by atoms with Gasteiger partial charge in [-0.3, -0.25) is 9.59 Å². The van der Waals surface area contributed by atoms with Crippen LogP contribution in [0.5, 0.6) is 5.75 Å². The fourth-order valence-corrected chi connectivity index (χ4v) is 2.31. The third-order valence-corrected chi connectivity index (χ3v) is 3.33. The monoisotopic (exact) mass is 349 g/mol. The molecular weight excluding hydrogens is 329 g/mol. The number of aromatic nitrogens is 1. The van der Waals surface area contributed by atoms with E-state index in [0.29, 0.717) is 11.8 Å². The van der Waals surface area contributed by atoms with Crippen molar-refractivity contribution in [1.82, 2.24) is 4.98 Å². The van der Waals surface area contributed by atoms with Gasteiger partial charge in [0.1, 0.15) is 17.6 Å². The molecule has 0 aliphatic rings. The lowest BCUT2D eigenvalue weighted by Gasteiger charge is -2.21. The molecule has 134 valence electrons. The minimum absolute atomic E-state index is 0.0840. The SMILES string of the molecule is COc1ccc(C(CC(=O)OC(C)(C)C)c2nc(C=O)co2)cc1F. The maximum Gasteiger partial charge on any atom is 0.307 e. The third-order valence-electron chi connectivity index (χ3n) is 3.33. The number of hydrogen-bond donors (Lipinski definition) is 0. The summed E-state index contributed by atoms with van der Waals surface area (Å²) in [5.74, 6) is -1.53. The second-order valence-corrected chi connectivity index (χ2v) is 6.47. The minimum atomic E-state index is -0.691. The Kier molecular flexibility index (Phi) is 5.56. The van der Waals surface area contributed by atoms with Crippen LogP contribution >= 0.6 is 0 Å². The third kappa shape index (κ3) is 4.89. The first-order valence-corrected chi connectivity index (χ1v) is 7.69. The van der Waals surface area contributed by atoms with Crippen LogP contribution in [0.25, 0.3) is 0 Å². The first kappa shape index (κ1) is 18.6. The number of halogens is 1. The van der Waals surface area contributed by atoms with Gasteiger partial charge >= 0.3 is 5.97 Å². The van der Waals surface area contributed by atoms with E-state index in [1.165, 1.54) is 25.5 Å². The number of nitrogens with zero attached hydrogens (tertiary/aromatic N) is 1. The minimum Gasteiger partial charge on any atom is -0.494 e. The van der Waals surface area contributed by atoms with Crippen molar-refractivity contribution in [3.63, 3.8) is 0 Å². The Labute approximate surface area is 145 Å². The van der Waals surface area contributed by atoms with Crippen molar-refractivity contribution < 1.29 is 27.9 Å². The Morgan fingerprint density at radius 2 is 2.12 bits per heavy atom. The standard InChI is InChI=1S/C18H20FNO5/c1-18(2,3)25-16(22)8-13(17-20-12(9-21)10-24-17)11-5-6-15(23-4)14(19)7-11/h5-7,9-10,13H,8H2,1-4H3. The Bertz CT molecular complexity index is 763. The fraction of sp³-hybridized carbons (Fsp3) is 0.389. The quantitative estimate of drug-likeness (QED) is 0.587. The molecule has 1 heterocycles. The summed E-state index contributed by atoms with van der Waals surface area (Å²) in [4.78, 5) is 27.1. The van der Waals surface area contributed by atoms with Crippen molar-refractivity contribution in [3.05, 3.63) is 47.4 Å². The average molecular weight is 349 g/mol. The Morgan fingerprint density at radius 3 is 2.64 bits per heavy atom. The predicted molar refractivity (Wildman–Crippen MR) is 87.1 cm³/mol. The molecule has 1 aromatic heterocycles. The molecule has 2 aromatic rings. The highest BCUT2D eigenvalue weighted by Crippen LogP contribution is 2.31. The molecule has 0 spiro atoms. The number of methoxy groups -OCH3 is 1. The normalized spacial score (nSPS) is 12.5. The van der Waals surface area contributed by atoms with Crippen LogP contribution in [0.4, 0.5) is 4.39 Å². The van der Waals surface area contributed by atoms with Gasteiger partial charge < -0.3 is 13.9 Å². The molecule has 7 heteroatoms. The number of carbonyl (C=O) groups excluding carboxylic acids is 2. The number of ether oxygens (including phenoxy) is 2. The van der Waals surface area contributed by atoms with E-state index >= 15 is 0 Å². The maximum atomic E-state index is 14.1. The Balaban J connectivity index is 2.36. The maximum absolute atomic E-state index is 14.1. The molecule has 1 aromatic carbocycles. The van der Waals surface area contributed by atoms with Crippen molar-refractivity contribution in [2.75, 3.05) is 7.11 Å². The fourth-order valence-electron chi connectivity index (χ4n) is 2.31. The van der Waals surface area contributed by atoms with Crippen molar-refractivity contribution in [3.8, 4) is 5.75 Å². The van der Waals surface area contributed by atoms with E-state index in [-0.39, 0.29) is 23.8 Å². The number of benzene rings is 1. The van der Waals surface area contributed by atoms with Crippen LogP contribution in [0.15, 0.2) is 28.9 Å². The largest absolute Gasteiger partial charge is 0.494 e. The Hall–Kier alpha value is -2.70. The van der Waals surface area contributed by atoms with Crippen LogP contribution < -0.4 is 4.74 Å². The topological polar surface area (TPSA) is 78.6 Å². The van der Waals surface area contributed by atoms with Gasteiger partial charge in [-0.1, -0.05) is 6.07 Å². The van der Waals surface area contributed by atoms with E-state index in [1.807, 2.05) is 0 Å². The van der Waals surface area contributed by atoms with Crippen LogP contribution in [0, 0.1) is 5.82 Å². The average Bonchev–Trinajstić information content (AvgIpc) is 2.99. The van der Waals surface area contributed by atoms with Gasteiger partial charge in [-0.2, -0.15) is 0 Å². The molecular formula is C18H20FNO5. The van der Waals surface area contributed by atoms with Crippen molar-refractivity contribution in [1.29, 1.82) is 0 Å². The molecule has 0 bridgehead atoms. The second-order valence-electron chi connectivity index (χ2n) is 6.47. The smallest absolute Gasteiger partial charge is 0.307 e. The molecule has 0 saturated heterocycles. The highest BCUT2D eigenvalue weighted by atomic mass is 19.1. The van der Waals surface area contributed by atoms with Crippen LogP contribution in [-0.4, -0.2) is 30.0 Å². The number of oxazole rings is 1. The van der Waals surface area contributed by atoms with Crippen LogP contribution in [0.3, 0.4) is 0 Å².